The van der Waals surface area contributed by atoms with Gasteiger partial charge in [-0.05, 0) is 51.0 Å². The van der Waals surface area contributed by atoms with Gasteiger partial charge in [-0.15, -0.1) is 0 Å². The highest BCUT2D eigenvalue weighted by Crippen LogP contribution is 2.17. The van der Waals surface area contributed by atoms with Crippen molar-refractivity contribution < 1.29 is 19.2 Å². The molecule has 220 valence electrons. The fourth-order valence-electron chi connectivity index (χ4n) is 3.71. The van der Waals surface area contributed by atoms with Crippen molar-refractivity contribution in [3.8, 4) is 0 Å². The highest BCUT2D eigenvalue weighted by atomic mass is 16.2. The number of amides is 4. The molecule has 2 aromatic heterocycles. The average molecular weight is 560 g/mol. The molecule has 15 heteroatoms. The summed E-state index contributed by atoms with van der Waals surface area (Å²) in [5.74, 6) is -1.59. The molecular weight excluding hydrogens is 518 g/mol. The number of anilines is 2. The van der Waals surface area contributed by atoms with Crippen LogP contribution in [0.1, 0.15) is 46.7 Å². The number of rotatable bonds is 17. The first kappa shape index (κ1) is 31.8. The summed E-state index contributed by atoms with van der Waals surface area (Å²) in [5.41, 5.74) is 17.3. The van der Waals surface area contributed by atoms with Gasteiger partial charge in [0, 0.05) is 46.0 Å². The van der Waals surface area contributed by atoms with Crippen LogP contribution in [0, 0.1) is 0 Å². The summed E-state index contributed by atoms with van der Waals surface area (Å²) < 4.78 is 3.12. The van der Waals surface area contributed by atoms with Crippen LogP contribution in [0.3, 0.4) is 0 Å². The number of nitrogens with one attached hydrogen (secondary N) is 5. The molecule has 40 heavy (non-hydrogen) atoms. The molecule has 2 heterocycles. The molecular formula is C25H41N11O4. The number of hydrogen-bond acceptors (Lipinski definition) is 7. The molecule has 0 fully saturated rings. The van der Waals surface area contributed by atoms with E-state index < -0.39 is 11.8 Å². The van der Waals surface area contributed by atoms with Crippen molar-refractivity contribution in [1.82, 2.24) is 25.1 Å². The largest absolute Gasteiger partial charge is 0.370 e. The lowest BCUT2D eigenvalue weighted by Crippen LogP contribution is -2.32. The molecule has 0 atom stereocenters. The number of aromatic nitrogens is 2. The van der Waals surface area contributed by atoms with Gasteiger partial charge in [0.15, 0.2) is 5.96 Å². The zero-order chi connectivity index (χ0) is 29.5. The van der Waals surface area contributed by atoms with Crippen LogP contribution in [0.15, 0.2) is 29.5 Å². The van der Waals surface area contributed by atoms with Crippen LogP contribution in [0.5, 0.6) is 0 Å². The summed E-state index contributed by atoms with van der Waals surface area (Å²) in [4.78, 5) is 53.0. The van der Waals surface area contributed by atoms with Gasteiger partial charge in [0.1, 0.15) is 17.9 Å². The first-order valence-electron chi connectivity index (χ1n) is 13.1. The van der Waals surface area contributed by atoms with Gasteiger partial charge in [-0.1, -0.05) is 0 Å². The van der Waals surface area contributed by atoms with Gasteiger partial charge >= 0.3 is 0 Å². The normalized spacial score (nSPS) is 10.6. The Hall–Kier alpha value is -4.37. The summed E-state index contributed by atoms with van der Waals surface area (Å²) in [6.07, 6.45) is 6.18. The highest BCUT2D eigenvalue weighted by Gasteiger charge is 2.17. The minimum Gasteiger partial charge on any atom is -0.370 e. The lowest BCUT2D eigenvalue weighted by atomic mass is 10.3. The third-order valence-corrected chi connectivity index (χ3v) is 5.72. The zero-order valence-electron chi connectivity index (χ0n) is 23.1. The maximum atomic E-state index is 12.8. The number of guanidine groups is 1. The van der Waals surface area contributed by atoms with E-state index in [0.717, 1.165) is 32.4 Å². The van der Waals surface area contributed by atoms with Crippen molar-refractivity contribution in [2.24, 2.45) is 36.3 Å². The van der Waals surface area contributed by atoms with Crippen molar-refractivity contribution in [3.63, 3.8) is 0 Å². The number of aliphatic imine (C=N–C) groups is 1. The third-order valence-electron chi connectivity index (χ3n) is 5.72. The lowest BCUT2D eigenvalue weighted by Gasteiger charge is -2.08. The van der Waals surface area contributed by atoms with Crippen LogP contribution >= 0.6 is 0 Å². The van der Waals surface area contributed by atoms with E-state index in [-0.39, 0.29) is 43.0 Å². The fraction of sp³-hybridized carbons (Fsp3) is 0.480. The van der Waals surface area contributed by atoms with Crippen molar-refractivity contribution in [2.75, 3.05) is 49.9 Å². The highest BCUT2D eigenvalue weighted by molar-refractivity contribution is 6.05. The number of nitrogens with two attached hydrogens (primary N) is 3. The van der Waals surface area contributed by atoms with Crippen molar-refractivity contribution in [3.05, 3.63) is 35.9 Å². The maximum absolute atomic E-state index is 12.8. The maximum Gasteiger partial charge on any atom is 0.272 e. The lowest BCUT2D eigenvalue weighted by molar-refractivity contribution is -0.121. The van der Waals surface area contributed by atoms with Crippen LogP contribution in [-0.4, -0.2) is 78.0 Å². The molecule has 0 radical (unpaired) electrons. The molecule has 4 amide bonds. The molecule has 0 aliphatic heterocycles. The minimum absolute atomic E-state index is 0.141. The van der Waals surface area contributed by atoms with E-state index >= 15 is 0 Å². The van der Waals surface area contributed by atoms with Gasteiger partial charge in [0.05, 0.1) is 11.4 Å². The van der Waals surface area contributed by atoms with E-state index in [1.807, 2.05) is 0 Å². The Morgan fingerprint density at radius 1 is 0.775 bits per heavy atom. The summed E-state index contributed by atoms with van der Waals surface area (Å²) in [6, 6.07) is 3.04. The fourth-order valence-corrected chi connectivity index (χ4v) is 3.71. The Labute approximate surface area is 233 Å². The van der Waals surface area contributed by atoms with E-state index in [1.165, 1.54) is 12.1 Å². The van der Waals surface area contributed by atoms with Gasteiger partial charge in [0.25, 0.3) is 11.8 Å². The monoisotopic (exact) mass is 559 g/mol. The Morgan fingerprint density at radius 3 is 2.05 bits per heavy atom. The van der Waals surface area contributed by atoms with Crippen LogP contribution in [0.4, 0.5) is 11.4 Å². The predicted octanol–water partition coefficient (Wildman–Crippen LogP) is -1.22. The second-order valence-corrected chi connectivity index (χ2v) is 9.15. The Kier molecular flexibility index (Phi) is 13.2. The van der Waals surface area contributed by atoms with E-state index in [2.05, 4.69) is 31.6 Å². The van der Waals surface area contributed by atoms with Crippen molar-refractivity contribution >= 4 is 41.0 Å². The van der Waals surface area contributed by atoms with Gasteiger partial charge < -0.3 is 52.9 Å². The number of carbonyl (C=O) groups excluding carboxylic acids is 4. The topological polar surface area (TPSA) is 229 Å². The van der Waals surface area contributed by atoms with Gasteiger partial charge in [-0.3, -0.25) is 19.2 Å². The van der Waals surface area contributed by atoms with E-state index in [1.54, 1.807) is 35.6 Å². The third kappa shape index (κ3) is 11.2. The molecule has 0 bridgehead atoms. The van der Waals surface area contributed by atoms with Crippen LogP contribution in [-0.2, 0) is 23.7 Å². The zero-order valence-corrected chi connectivity index (χ0v) is 23.1. The number of nitrogens with zero attached hydrogens (tertiary/aromatic N) is 3. The number of carbonyl (C=O) groups is 4. The molecule has 0 saturated carbocycles. The van der Waals surface area contributed by atoms with Gasteiger partial charge in [0.2, 0.25) is 11.8 Å². The molecule has 2 aromatic rings. The Bertz CT molecular complexity index is 1180. The smallest absolute Gasteiger partial charge is 0.272 e. The minimum atomic E-state index is -0.441. The quantitative estimate of drug-likeness (QED) is 0.0664. The molecule has 0 unspecified atom stereocenters. The molecule has 0 aromatic carbocycles. The van der Waals surface area contributed by atoms with E-state index in [4.69, 9.17) is 17.2 Å². The first-order chi connectivity index (χ1) is 19.1. The first-order valence-corrected chi connectivity index (χ1v) is 13.1. The summed E-state index contributed by atoms with van der Waals surface area (Å²) >= 11 is 0. The molecule has 11 N–H and O–H groups in total. The molecule has 0 aliphatic carbocycles. The number of hydrogen-bond donors (Lipinski definition) is 8. The molecule has 0 saturated heterocycles. The standard InChI is InChI=1S/C25H41N11O4/c1-35-16-18(34-24(40)20-12-17(15-36(20)2)33-22(38)14-32-25(27)28)13-19(35)23(39)31-11-6-21(37)30-10-5-9-29-8-4-3-7-26/h12-13,15-16,29H,3-11,14,26H2,1-2H3,(H,30,37)(H,31,39)(H,33,38)(H,34,40)(H4,27,28,32). The molecule has 0 spiro atoms. The second kappa shape index (κ2) is 16.6. The second-order valence-electron chi connectivity index (χ2n) is 9.15. The number of unbranched alkanes of at least 4 members (excludes halogenated alkanes) is 1. The van der Waals surface area contributed by atoms with Crippen LogP contribution < -0.4 is 43.8 Å². The molecule has 2 rings (SSSR count). The number of aryl methyl sites for hydroxylation is 2. The summed E-state index contributed by atoms with van der Waals surface area (Å²) in [5, 5.41) is 14.2. The summed E-state index contributed by atoms with van der Waals surface area (Å²) in [6.45, 7) is 2.92. The van der Waals surface area contributed by atoms with Crippen LogP contribution in [0.25, 0.3) is 0 Å². The summed E-state index contributed by atoms with van der Waals surface area (Å²) in [7, 11) is 3.33. The molecule has 15 nitrogen and oxygen atoms in total. The van der Waals surface area contributed by atoms with Crippen molar-refractivity contribution in [2.45, 2.75) is 25.7 Å². The van der Waals surface area contributed by atoms with Crippen LogP contribution in [0.2, 0.25) is 0 Å². The van der Waals surface area contributed by atoms with Gasteiger partial charge in [-0.2, -0.15) is 0 Å². The van der Waals surface area contributed by atoms with E-state index in [9.17, 15) is 19.2 Å². The van der Waals surface area contributed by atoms with Gasteiger partial charge in [-0.25, -0.2) is 4.99 Å². The average Bonchev–Trinajstić information content (AvgIpc) is 3.45. The Balaban J connectivity index is 1.77. The molecule has 0 aliphatic rings. The van der Waals surface area contributed by atoms with E-state index in [0.29, 0.717) is 30.2 Å². The Morgan fingerprint density at radius 2 is 1.40 bits per heavy atom. The van der Waals surface area contributed by atoms with Crippen molar-refractivity contribution in [1.29, 1.82) is 0 Å². The SMILES string of the molecule is Cn1cc(NC(=O)c2cc(NC(=O)CN=C(N)N)cn2C)cc1C(=O)NCCC(=O)NCCCNCCCCN. The predicted molar refractivity (Wildman–Crippen MR) is 154 cm³/mol.